The van der Waals surface area contributed by atoms with Gasteiger partial charge in [0.15, 0.2) is 0 Å². The number of hydrogen-bond donors (Lipinski definition) is 5. The van der Waals surface area contributed by atoms with Crippen molar-refractivity contribution < 1.29 is 28.7 Å². The second-order valence-electron chi connectivity index (χ2n) is 13.9. The number of aromatic amines is 2. The van der Waals surface area contributed by atoms with Gasteiger partial charge in [0, 0.05) is 13.1 Å². The first kappa shape index (κ1) is 37.8. The van der Waals surface area contributed by atoms with E-state index >= 15 is 0 Å². The third kappa shape index (κ3) is 8.00. The van der Waals surface area contributed by atoms with Crippen LogP contribution >= 0.6 is 0 Å². The fraction of sp³-hybridized carbons (Fsp3) is 0.385. The maximum Gasteiger partial charge on any atom is 0.407 e. The monoisotopic (exact) mass is 737 g/mol. The molecule has 5 N–H and O–H groups in total. The Morgan fingerprint density at radius 2 is 1.30 bits per heavy atom. The van der Waals surface area contributed by atoms with Gasteiger partial charge in [-0.25, -0.2) is 19.6 Å². The van der Waals surface area contributed by atoms with Crippen molar-refractivity contribution in [2.45, 2.75) is 57.8 Å². The van der Waals surface area contributed by atoms with Crippen LogP contribution in [0.3, 0.4) is 0 Å². The lowest BCUT2D eigenvalue weighted by molar-refractivity contribution is -0.135. The first-order valence-corrected chi connectivity index (χ1v) is 18.0. The minimum atomic E-state index is -0.884. The van der Waals surface area contributed by atoms with Crippen molar-refractivity contribution in [3.8, 4) is 33.6 Å². The van der Waals surface area contributed by atoms with E-state index in [1.807, 2.05) is 38.1 Å². The van der Waals surface area contributed by atoms with Crippen LogP contribution in [0, 0.1) is 5.92 Å². The number of methoxy groups -OCH3 is 2. The number of amides is 4. The first-order chi connectivity index (χ1) is 26.0. The topological polar surface area (TPSA) is 187 Å². The van der Waals surface area contributed by atoms with Gasteiger partial charge in [-0.2, -0.15) is 0 Å². The highest BCUT2D eigenvalue weighted by Crippen LogP contribution is 2.34. The Kier molecular flexibility index (Phi) is 11.5. The summed E-state index contributed by atoms with van der Waals surface area (Å²) in [5.74, 6) is 0.763. The number of benzene rings is 2. The zero-order chi connectivity index (χ0) is 38.5. The van der Waals surface area contributed by atoms with E-state index in [-0.39, 0.29) is 29.8 Å². The SMILES string of the molecule is C=C(C)[C@H](NC(=O)OC)C(=O)N1CCC[C@H]1c1ncc(-c2ccc(-c3ccc(-c4cnc([C@@H]5CNCN5C(=O)[C@@H](NC(=O)OC)C(C)C)[nH]4)cc3)cc2)[nH]1. The van der Waals surface area contributed by atoms with Crippen LogP contribution in [0.2, 0.25) is 0 Å². The van der Waals surface area contributed by atoms with E-state index in [0.29, 0.717) is 37.0 Å². The van der Waals surface area contributed by atoms with Crippen molar-refractivity contribution in [3.63, 3.8) is 0 Å². The van der Waals surface area contributed by atoms with Crippen LogP contribution in [0.1, 0.15) is 57.3 Å². The summed E-state index contributed by atoms with van der Waals surface area (Å²) in [6.45, 7) is 10.8. The molecule has 0 unspecified atom stereocenters. The van der Waals surface area contributed by atoms with Crippen molar-refractivity contribution in [3.05, 3.63) is 84.7 Å². The lowest BCUT2D eigenvalue weighted by atomic mass is 10.0. The first-order valence-electron chi connectivity index (χ1n) is 18.0. The number of hydrogen-bond acceptors (Lipinski definition) is 9. The lowest BCUT2D eigenvalue weighted by Gasteiger charge is -2.29. The molecular formula is C39H47N9O6. The highest BCUT2D eigenvalue weighted by atomic mass is 16.5. The summed E-state index contributed by atoms with van der Waals surface area (Å²) in [6, 6.07) is 14.1. The number of aromatic nitrogens is 4. The van der Waals surface area contributed by atoms with Crippen molar-refractivity contribution in [1.82, 2.24) is 45.7 Å². The van der Waals surface area contributed by atoms with Crippen molar-refractivity contribution in [2.24, 2.45) is 5.92 Å². The van der Waals surface area contributed by atoms with Crippen LogP contribution in [0.25, 0.3) is 33.6 Å². The summed E-state index contributed by atoms with van der Waals surface area (Å²) in [5, 5.41) is 8.50. The molecule has 54 heavy (non-hydrogen) atoms. The minimum Gasteiger partial charge on any atom is -0.453 e. The van der Waals surface area contributed by atoms with Crippen LogP contribution in [0.4, 0.5) is 9.59 Å². The van der Waals surface area contributed by atoms with E-state index in [1.54, 1.807) is 29.1 Å². The molecule has 0 bridgehead atoms. The predicted octanol–water partition coefficient (Wildman–Crippen LogP) is 4.91. The van der Waals surface area contributed by atoms with Crippen LogP contribution in [-0.4, -0.2) is 99.8 Å². The Labute approximate surface area is 313 Å². The Morgan fingerprint density at radius 3 is 1.81 bits per heavy atom. The molecule has 2 saturated heterocycles. The molecule has 2 aliphatic rings. The number of ether oxygens (including phenoxy) is 2. The summed E-state index contributed by atoms with van der Waals surface area (Å²) in [4.78, 5) is 70.2. The zero-order valence-corrected chi connectivity index (χ0v) is 31.1. The maximum absolute atomic E-state index is 13.5. The quantitative estimate of drug-likeness (QED) is 0.133. The summed E-state index contributed by atoms with van der Waals surface area (Å²) >= 11 is 0. The third-order valence-corrected chi connectivity index (χ3v) is 9.94. The van der Waals surface area contributed by atoms with Gasteiger partial charge in [-0.1, -0.05) is 69.0 Å². The number of alkyl carbamates (subject to hydrolysis) is 2. The van der Waals surface area contributed by atoms with E-state index in [2.05, 4.69) is 66.7 Å². The number of nitrogens with one attached hydrogen (secondary N) is 5. The summed E-state index contributed by atoms with van der Waals surface area (Å²) in [5.41, 5.74) is 6.17. The van der Waals surface area contributed by atoms with Gasteiger partial charge in [-0.05, 0) is 53.5 Å². The van der Waals surface area contributed by atoms with Gasteiger partial charge in [-0.3, -0.25) is 14.9 Å². The number of nitrogens with zero attached hydrogens (tertiary/aromatic N) is 4. The average Bonchev–Trinajstić information content (AvgIpc) is 4.02. The molecule has 4 aromatic rings. The van der Waals surface area contributed by atoms with Gasteiger partial charge >= 0.3 is 12.2 Å². The normalized spacial score (nSPS) is 18.0. The predicted molar refractivity (Wildman–Crippen MR) is 201 cm³/mol. The van der Waals surface area contributed by atoms with Crippen LogP contribution in [0.5, 0.6) is 0 Å². The molecule has 0 spiro atoms. The lowest BCUT2D eigenvalue weighted by Crippen LogP contribution is -2.51. The molecular weight excluding hydrogens is 690 g/mol. The van der Waals surface area contributed by atoms with Crippen molar-refractivity contribution in [2.75, 3.05) is 34.0 Å². The highest BCUT2D eigenvalue weighted by Gasteiger charge is 2.38. The Bertz CT molecular complexity index is 1990. The average molecular weight is 738 g/mol. The highest BCUT2D eigenvalue weighted by molar-refractivity contribution is 5.89. The number of imidazole rings is 2. The standard InChI is InChI=1S/C39H47N9O6/c1-22(2)32(45-38(51)53-5)36(49)47-17-7-8-30(47)34-41-18-28(43-34)26-13-9-24(10-14-26)25-11-15-27(16-12-25)29-19-42-35(44-29)31-20-40-21-48(31)37(50)33(23(3)4)46-39(52)54-6/h9-16,18-19,23,30-33,40H,1,7-8,17,20-21H2,2-6H3,(H,41,43)(H,42,44)(H,45,51)(H,46,52)/t30-,31-,32-,33-/m0/s1. The van der Waals surface area contributed by atoms with E-state index in [1.165, 1.54) is 14.2 Å². The van der Waals surface area contributed by atoms with Crippen LogP contribution < -0.4 is 16.0 Å². The molecule has 2 aliphatic heterocycles. The molecule has 15 nitrogen and oxygen atoms in total. The molecule has 15 heteroatoms. The van der Waals surface area contributed by atoms with Crippen LogP contribution in [-0.2, 0) is 19.1 Å². The fourth-order valence-corrected chi connectivity index (χ4v) is 6.94. The maximum atomic E-state index is 13.5. The number of H-pyrrole nitrogens is 2. The molecule has 2 fully saturated rings. The molecule has 4 amide bonds. The second kappa shape index (κ2) is 16.4. The molecule has 0 saturated carbocycles. The van der Waals surface area contributed by atoms with Crippen molar-refractivity contribution >= 4 is 24.0 Å². The zero-order valence-electron chi connectivity index (χ0n) is 31.1. The van der Waals surface area contributed by atoms with E-state index in [0.717, 1.165) is 46.5 Å². The molecule has 6 rings (SSSR count). The summed E-state index contributed by atoms with van der Waals surface area (Å²) in [7, 11) is 2.53. The second-order valence-corrected chi connectivity index (χ2v) is 13.9. The largest absolute Gasteiger partial charge is 0.453 e. The Balaban J connectivity index is 1.11. The van der Waals surface area contributed by atoms with Gasteiger partial charge in [-0.15, -0.1) is 0 Å². The van der Waals surface area contributed by atoms with Gasteiger partial charge < -0.3 is 39.9 Å². The van der Waals surface area contributed by atoms with E-state index in [9.17, 15) is 19.2 Å². The van der Waals surface area contributed by atoms with E-state index in [4.69, 9.17) is 9.47 Å². The smallest absolute Gasteiger partial charge is 0.407 e. The van der Waals surface area contributed by atoms with Gasteiger partial charge in [0.25, 0.3) is 0 Å². The number of rotatable bonds is 11. The fourth-order valence-electron chi connectivity index (χ4n) is 6.94. The molecule has 4 atom stereocenters. The summed E-state index contributed by atoms with van der Waals surface area (Å²) < 4.78 is 9.44. The van der Waals surface area contributed by atoms with Gasteiger partial charge in [0.05, 0.1) is 50.7 Å². The third-order valence-electron chi connectivity index (χ3n) is 9.94. The number of carbonyl (C=O) groups is 4. The molecule has 0 radical (unpaired) electrons. The molecule has 2 aromatic heterocycles. The number of likely N-dealkylation sites (tertiary alicyclic amines) is 1. The van der Waals surface area contributed by atoms with Crippen LogP contribution in [0.15, 0.2) is 73.1 Å². The van der Waals surface area contributed by atoms with Gasteiger partial charge in [0.2, 0.25) is 11.8 Å². The van der Waals surface area contributed by atoms with Gasteiger partial charge in [0.1, 0.15) is 29.8 Å². The molecule has 284 valence electrons. The van der Waals surface area contributed by atoms with E-state index < -0.39 is 24.3 Å². The minimum absolute atomic E-state index is 0.134. The molecule has 2 aromatic carbocycles. The summed E-state index contributed by atoms with van der Waals surface area (Å²) in [6.07, 6.45) is 3.78. The number of carbonyl (C=O) groups excluding carboxylic acids is 4. The Morgan fingerprint density at radius 1 is 0.778 bits per heavy atom. The molecule has 4 heterocycles. The Hall–Kier alpha value is -5.96. The van der Waals surface area contributed by atoms with Crippen molar-refractivity contribution in [1.29, 1.82) is 0 Å². The molecule has 0 aliphatic carbocycles.